The third-order valence-corrected chi connectivity index (χ3v) is 4.78. The Morgan fingerprint density at radius 3 is 2.43 bits per heavy atom. The largest absolute Gasteiger partial charge is 0.481 e. The minimum Gasteiger partial charge on any atom is -0.481 e. The molecule has 5 heteroatoms. The van der Waals surface area contributed by atoms with Crippen molar-refractivity contribution in [1.82, 2.24) is 10.2 Å². The maximum atomic E-state index is 12.3. The molecule has 1 aliphatic carbocycles. The van der Waals surface area contributed by atoms with Crippen LogP contribution in [0.3, 0.4) is 0 Å². The van der Waals surface area contributed by atoms with Gasteiger partial charge in [-0.2, -0.15) is 0 Å². The smallest absolute Gasteiger partial charge is 0.317 e. The third kappa shape index (κ3) is 4.61. The van der Waals surface area contributed by atoms with Crippen molar-refractivity contribution in [3.8, 4) is 0 Å². The van der Waals surface area contributed by atoms with Gasteiger partial charge in [-0.25, -0.2) is 4.79 Å². The van der Waals surface area contributed by atoms with Crippen molar-refractivity contribution in [3.05, 3.63) is 0 Å². The molecule has 2 aliphatic rings. The van der Waals surface area contributed by atoms with Crippen LogP contribution in [0.4, 0.5) is 4.79 Å². The monoisotopic (exact) mass is 296 g/mol. The zero-order valence-corrected chi connectivity index (χ0v) is 13.2. The summed E-state index contributed by atoms with van der Waals surface area (Å²) >= 11 is 0. The second-order valence-electron chi connectivity index (χ2n) is 7.07. The zero-order valence-electron chi connectivity index (χ0n) is 13.2. The molecule has 0 aromatic heterocycles. The van der Waals surface area contributed by atoms with Crippen LogP contribution in [0.1, 0.15) is 52.4 Å². The molecule has 1 unspecified atom stereocenters. The number of hydrogen-bond acceptors (Lipinski definition) is 2. The van der Waals surface area contributed by atoms with Gasteiger partial charge in [-0.3, -0.25) is 4.79 Å². The van der Waals surface area contributed by atoms with Crippen molar-refractivity contribution in [1.29, 1.82) is 0 Å². The van der Waals surface area contributed by atoms with E-state index in [9.17, 15) is 9.59 Å². The summed E-state index contributed by atoms with van der Waals surface area (Å²) in [5, 5.41) is 12.1. The SMILES string of the molecule is CC(C)CC1CCN(C(=O)NC2CCC(C(=O)O)CC2)C1. The van der Waals surface area contributed by atoms with Crippen LogP contribution in [0.5, 0.6) is 0 Å². The van der Waals surface area contributed by atoms with Gasteiger partial charge in [0.1, 0.15) is 0 Å². The lowest BCUT2D eigenvalue weighted by molar-refractivity contribution is -0.142. The van der Waals surface area contributed by atoms with Crippen LogP contribution >= 0.6 is 0 Å². The van der Waals surface area contributed by atoms with E-state index >= 15 is 0 Å². The fourth-order valence-corrected chi connectivity index (χ4v) is 3.63. The Kier molecular flexibility index (Phi) is 5.48. The summed E-state index contributed by atoms with van der Waals surface area (Å²) in [6.07, 6.45) is 5.22. The number of aliphatic carboxylic acids is 1. The highest BCUT2D eigenvalue weighted by Gasteiger charge is 2.30. The van der Waals surface area contributed by atoms with Crippen LogP contribution in [0.25, 0.3) is 0 Å². The van der Waals surface area contributed by atoms with Crippen molar-refractivity contribution in [3.63, 3.8) is 0 Å². The highest BCUT2D eigenvalue weighted by molar-refractivity contribution is 5.75. The fourth-order valence-electron chi connectivity index (χ4n) is 3.63. The average molecular weight is 296 g/mol. The Hall–Kier alpha value is -1.26. The maximum absolute atomic E-state index is 12.3. The van der Waals surface area contributed by atoms with Crippen molar-refractivity contribution in [2.24, 2.45) is 17.8 Å². The molecular formula is C16H28N2O3. The minimum absolute atomic E-state index is 0.0417. The number of nitrogens with zero attached hydrogens (tertiary/aromatic N) is 1. The summed E-state index contributed by atoms with van der Waals surface area (Å²) in [5.74, 6) is 0.402. The number of amides is 2. The second kappa shape index (κ2) is 7.14. The molecule has 0 radical (unpaired) electrons. The van der Waals surface area contributed by atoms with Gasteiger partial charge in [-0.05, 0) is 50.4 Å². The molecule has 2 rings (SSSR count). The predicted octanol–water partition coefficient (Wildman–Crippen LogP) is 2.71. The highest BCUT2D eigenvalue weighted by atomic mass is 16.4. The van der Waals surface area contributed by atoms with Gasteiger partial charge in [-0.15, -0.1) is 0 Å². The van der Waals surface area contributed by atoms with E-state index in [2.05, 4.69) is 19.2 Å². The Morgan fingerprint density at radius 2 is 1.86 bits per heavy atom. The third-order valence-electron chi connectivity index (χ3n) is 4.78. The lowest BCUT2D eigenvalue weighted by atomic mass is 9.86. The van der Waals surface area contributed by atoms with Gasteiger partial charge in [0.25, 0.3) is 0 Å². The Balaban J connectivity index is 1.72. The Morgan fingerprint density at radius 1 is 1.19 bits per heavy atom. The summed E-state index contributed by atoms with van der Waals surface area (Å²) in [6, 6.07) is 0.192. The van der Waals surface area contributed by atoms with E-state index in [1.165, 1.54) is 6.42 Å². The van der Waals surface area contributed by atoms with E-state index in [-0.39, 0.29) is 18.0 Å². The fraction of sp³-hybridized carbons (Fsp3) is 0.875. The molecule has 5 nitrogen and oxygen atoms in total. The van der Waals surface area contributed by atoms with E-state index in [0.717, 1.165) is 32.4 Å². The van der Waals surface area contributed by atoms with Gasteiger partial charge in [0.05, 0.1) is 5.92 Å². The standard InChI is InChI=1S/C16H28N2O3/c1-11(2)9-12-7-8-18(10-12)16(21)17-14-5-3-13(4-6-14)15(19)20/h11-14H,3-10H2,1-2H3,(H,17,21)(H,19,20). The molecule has 0 bridgehead atoms. The Bertz CT molecular complexity index is 376. The summed E-state index contributed by atoms with van der Waals surface area (Å²) in [5.41, 5.74) is 0. The van der Waals surface area contributed by atoms with Crippen LogP contribution < -0.4 is 5.32 Å². The van der Waals surface area contributed by atoms with Crippen LogP contribution in [0.15, 0.2) is 0 Å². The molecule has 2 fully saturated rings. The number of nitrogens with one attached hydrogen (secondary N) is 1. The zero-order chi connectivity index (χ0) is 15.4. The van der Waals surface area contributed by atoms with Gasteiger partial charge in [-0.1, -0.05) is 13.8 Å². The van der Waals surface area contributed by atoms with Gasteiger partial charge < -0.3 is 15.3 Å². The molecule has 1 atom stereocenters. The first kappa shape index (κ1) is 16.1. The predicted molar refractivity (Wildman–Crippen MR) is 81.0 cm³/mol. The van der Waals surface area contributed by atoms with Gasteiger partial charge in [0.15, 0.2) is 0 Å². The maximum Gasteiger partial charge on any atom is 0.317 e. The average Bonchev–Trinajstić information content (AvgIpc) is 2.87. The number of carboxylic acids is 1. The van der Waals surface area contributed by atoms with E-state index in [1.807, 2.05) is 4.90 Å². The molecular weight excluding hydrogens is 268 g/mol. The normalized spacial score (nSPS) is 29.7. The molecule has 21 heavy (non-hydrogen) atoms. The van der Waals surface area contributed by atoms with Crippen molar-refractivity contribution in [2.45, 2.75) is 58.4 Å². The lowest BCUT2D eigenvalue weighted by Gasteiger charge is -2.28. The first-order valence-electron chi connectivity index (χ1n) is 8.24. The van der Waals surface area contributed by atoms with Gasteiger partial charge >= 0.3 is 12.0 Å². The van der Waals surface area contributed by atoms with E-state index in [0.29, 0.717) is 24.7 Å². The molecule has 0 spiro atoms. The molecule has 0 aromatic carbocycles. The molecule has 120 valence electrons. The summed E-state index contributed by atoms with van der Waals surface area (Å²) in [4.78, 5) is 25.1. The quantitative estimate of drug-likeness (QED) is 0.838. The van der Waals surface area contributed by atoms with Gasteiger partial charge in [0.2, 0.25) is 0 Å². The summed E-state index contributed by atoms with van der Waals surface area (Å²) < 4.78 is 0. The Labute approximate surface area is 127 Å². The molecule has 1 heterocycles. The van der Waals surface area contributed by atoms with Crippen LogP contribution in [0, 0.1) is 17.8 Å². The van der Waals surface area contributed by atoms with E-state index in [1.54, 1.807) is 0 Å². The molecule has 1 saturated carbocycles. The molecule has 2 amide bonds. The van der Waals surface area contributed by atoms with Crippen molar-refractivity contribution >= 4 is 12.0 Å². The molecule has 2 N–H and O–H groups in total. The molecule has 0 aromatic rings. The second-order valence-corrected chi connectivity index (χ2v) is 7.07. The molecule has 1 aliphatic heterocycles. The number of hydrogen-bond donors (Lipinski definition) is 2. The highest BCUT2D eigenvalue weighted by Crippen LogP contribution is 2.26. The van der Waals surface area contributed by atoms with Crippen LogP contribution in [0.2, 0.25) is 0 Å². The van der Waals surface area contributed by atoms with Crippen LogP contribution in [-0.2, 0) is 4.79 Å². The van der Waals surface area contributed by atoms with E-state index in [4.69, 9.17) is 5.11 Å². The number of carbonyl (C=O) groups excluding carboxylic acids is 1. The minimum atomic E-state index is -0.698. The number of likely N-dealkylation sites (tertiary alicyclic amines) is 1. The van der Waals surface area contributed by atoms with Crippen molar-refractivity contribution in [2.75, 3.05) is 13.1 Å². The number of carboxylic acid groups (broad SMARTS) is 1. The summed E-state index contributed by atoms with van der Waals surface area (Å²) in [7, 11) is 0. The summed E-state index contributed by atoms with van der Waals surface area (Å²) in [6.45, 7) is 6.18. The van der Waals surface area contributed by atoms with Crippen LogP contribution in [-0.4, -0.2) is 41.1 Å². The first-order valence-corrected chi connectivity index (χ1v) is 8.24. The van der Waals surface area contributed by atoms with Crippen molar-refractivity contribution < 1.29 is 14.7 Å². The number of carbonyl (C=O) groups is 2. The van der Waals surface area contributed by atoms with Gasteiger partial charge in [0, 0.05) is 19.1 Å². The first-order chi connectivity index (χ1) is 9.95. The number of rotatable bonds is 4. The van der Waals surface area contributed by atoms with E-state index < -0.39 is 5.97 Å². The lowest BCUT2D eigenvalue weighted by Crippen LogP contribution is -2.45. The number of urea groups is 1. The topological polar surface area (TPSA) is 69.6 Å². The molecule has 1 saturated heterocycles.